The predicted molar refractivity (Wildman–Crippen MR) is 111 cm³/mol. The van der Waals surface area contributed by atoms with E-state index in [1.807, 2.05) is 13.8 Å². The Bertz CT molecular complexity index is 1130. The molecule has 9 heteroatoms. The lowest BCUT2D eigenvalue weighted by Gasteiger charge is -2.15. The third-order valence-corrected chi connectivity index (χ3v) is 5.61. The van der Waals surface area contributed by atoms with Gasteiger partial charge in [-0.15, -0.1) is 11.3 Å². The fraction of sp³-hybridized carbons (Fsp3) is 0.300. The summed E-state index contributed by atoms with van der Waals surface area (Å²) in [5.74, 6) is -0.722. The van der Waals surface area contributed by atoms with Crippen LogP contribution in [0.15, 0.2) is 35.4 Å². The fourth-order valence-electron chi connectivity index (χ4n) is 2.79. The zero-order valence-corrected chi connectivity index (χ0v) is 17.3. The van der Waals surface area contributed by atoms with Gasteiger partial charge in [-0.2, -0.15) is 0 Å². The molecule has 1 N–H and O–H groups in total. The number of methoxy groups -OCH3 is 1. The molecule has 2 aromatic heterocycles. The average Bonchev–Trinajstić information content (AvgIpc) is 2.99. The number of fused-ring (bicyclic) bond motifs is 1. The van der Waals surface area contributed by atoms with Crippen LogP contribution in [-0.2, 0) is 20.9 Å². The van der Waals surface area contributed by atoms with E-state index in [0.717, 1.165) is 10.4 Å². The fourth-order valence-corrected chi connectivity index (χ4v) is 3.78. The number of para-hydroxylation sites is 2. The van der Waals surface area contributed by atoms with E-state index in [2.05, 4.69) is 10.3 Å². The van der Waals surface area contributed by atoms with Gasteiger partial charge in [-0.1, -0.05) is 12.1 Å². The normalized spacial score (nSPS) is 11.9. The van der Waals surface area contributed by atoms with Crippen LogP contribution in [0.2, 0.25) is 0 Å². The summed E-state index contributed by atoms with van der Waals surface area (Å²) < 4.78 is 11.6. The number of rotatable bonds is 6. The molecule has 1 amide bonds. The Hall–Kier alpha value is -3.20. The van der Waals surface area contributed by atoms with Crippen molar-refractivity contribution < 1.29 is 19.1 Å². The first-order valence-corrected chi connectivity index (χ1v) is 9.72. The van der Waals surface area contributed by atoms with Crippen molar-refractivity contribution in [2.75, 3.05) is 12.4 Å². The Kier molecular flexibility index (Phi) is 5.97. The number of amides is 1. The summed E-state index contributed by atoms with van der Waals surface area (Å²) in [6.45, 7) is 4.90. The van der Waals surface area contributed by atoms with Crippen molar-refractivity contribution >= 4 is 39.1 Å². The van der Waals surface area contributed by atoms with Crippen molar-refractivity contribution in [3.63, 3.8) is 0 Å². The summed E-state index contributed by atoms with van der Waals surface area (Å²) in [5.41, 5.74) is 1.02. The summed E-state index contributed by atoms with van der Waals surface area (Å²) in [5, 5.41) is 3.16. The lowest BCUT2D eigenvalue weighted by atomic mass is 10.2. The topological polar surface area (TPSA) is 99.5 Å². The second kappa shape index (κ2) is 8.44. The number of carbonyl (C=O) groups is 2. The highest BCUT2D eigenvalue weighted by molar-refractivity contribution is 7.18. The van der Waals surface area contributed by atoms with Gasteiger partial charge >= 0.3 is 5.97 Å². The number of esters is 1. The van der Waals surface area contributed by atoms with Crippen LogP contribution in [0.4, 0.5) is 5.69 Å². The number of nitrogens with zero attached hydrogens (tertiary/aromatic N) is 2. The van der Waals surface area contributed by atoms with Crippen molar-refractivity contribution in [1.29, 1.82) is 0 Å². The number of benzene rings is 1. The van der Waals surface area contributed by atoms with Gasteiger partial charge in [0, 0.05) is 4.88 Å². The maximum Gasteiger partial charge on any atom is 0.326 e. The van der Waals surface area contributed by atoms with E-state index in [1.54, 1.807) is 24.3 Å². The molecule has 0 radical (unpaired) electrons. The number of anilines is 1. The molecular weight excluding hydrogens is 394 g/mol. The van der Waals surface area contributed by atoms with E-state index in [1.165, 1.54) is 36.3 Å². The minimum atomic E-state index is -1.05. The number of aromatic nitrogens is 2. The predicted octanol–water partition coefficient (Wildman–Crippen LogP) is 2.65. The molecule has 0 unspecified atom stereocenters. The van der Waals surface area contributed by atoms with Gasteiger partial charge in [0.1, 0.15) is 17.1 Å². The molecule has 2 heterocycles. The van der Waals surface area contributed by atoms with Crippen LogP contribution in [-0.4, -0.2) is 34.6 Å². The van der Waals surface area contributed by atoms with Crippen LogP contribution in [0.1, 0.15) is 17.4 Å². The second-order valence-corrected chi connectivity index (χ2v) is 7.67. The maximum atomic E-state index is 12.7. The van der Waals surface area contributed by atoms with E-state index in [0.29, 0.717) is 21.7 Å². The Balaban J connectivity index is 1.68. The first-order valence-electron chi connectivity index (χ1n) is 8.90. The Labute approximate surface area is 171 Å². The monoisotopic (exact) mass is 415 g/mol. The summed E-state index contributed by atoms with van der Waals surface area (Å²) in [6, 6.07) is 6.91. The third kappa shape index (κ3) is 4.29. The smallest absolute Gasteiger partial charge is 0.326 e. The van der Waals surface area contributed by atoms with Crippen LogP contribution in [0.3, 0.4) is 0 Å². The van der Waals surface area contributed by atoms with Crippen molar-refractivity contribution in [2.24, 2.45) is 0 Å². The van der Waals surface area contributed by atoms with Gasteiger partial charge in [-0.05, 0) is 38.5 Å². The maximum absolute atomic E-state index is 12.7. The van der Waals surface area contributed by atoms with Crippen molar-refractivity contribution in [1.82, 2.24) is 9.55 Å². The lowest BCUT2D eigenvalue weighted by molar-refractivity contribution is -0.153. The Morgan fingerprint density at radius 1 is 1.28 bits per heavy atom. The molecule has 0 saturated heterocycles. The lowest BCUT2D eigenvalue weighted by Crippen LogP contribution is -2.33. The number of aryl methyl sites for hydroxylation is 2. The molecule has 1 aromatic carbocycles. The van der Waals surface area contributed by atoms with E-state index in [9.17, 15) is 14.4 Å². The largest absolute Gasteiger partial charge is 0.495 e. The Morgan fingerprint density at radius 3 is 2.72 bits per heavy atom. The molecule has 0 fully saturated rings. The van der Waals surface area contributed by atoms with E-state index in [-0.39, 0.29) is 12.1 Å². The van der Waals surface area contributed by atoms with Gasteiger partial charge < -0.3 is 14.8 Å². The van der Waals surface area contributed by atoms with Crippen molar-refractivity contribution in [3.05, 3.63) is 51.4 Å². The van der Waals surface area contributed by atoms with Crippen molar-refractivity contribution in [3.8, 4) is 5.75 Å². The zero-order chi connectivity index (χ0) is 21.1. The van der Waals surface area contributed by atoms with Crippen LogP contribution in [0, 0.1) is 13.8 Å². The molecule has 152 valence electrons. The van der Waals surface area contributed by atoms with Crippen LogP contribution in [0.25, 0.3) is 10.2 Å². The summed E-state index contributed by atoms with van der Waals surface area (Å²) in [4.78, 5) is 43.2. The molecule has 0 aliphatic carbocycles. The first kappa shape index (κ1) is 20.5. The quantitative estimate of drug-likeness (QED) is 0.622. The average molecular weight is 415 g/mol. The summed E-state index contributed by atoms with van der Waals surface area (Å²) in [6.07, 6.45) is 0.269. The zero-order valence-electron chi connectivity index (χ0n) is 16.5. The number of nitrogens with one attached hydrogen (secondary N) is 1. The van der Waals surface area contributed by atoms with Gasteiger partial charge in [0.05, 0.1) is 24.5 Å². The molecule has 0 spiro atoms. The summed E-state index contributed by atoms with van der Waals surface area (Å²) in [7, 11) is 1.49. The Morgan fingerprint density at radius 2 is 2.00 bits per heavy atom. The van der Waals surface area contributed by atoms with Gasteiger partial charge in [0.2, 0.25) is 0 Å². The minimum Gasteiger partial charge on any atom is -0.495 e. The molecule has 8 nitrogen and oxygen atoms in total. The molecule has 0 aliphatic rings. The standard InChI is InChI=1S/C20H21N3O5S/c1-11-13(3)29-19-17(11)20(26)23(10-21-19)9-16(24)28-12(2)18(25)22-14-7-5-6-8-15(14)27-4/h5-8,10,12H,9H2,1-4H3,(H,22,25)/t12-/m1/s1. The first-order chi connectivity index (χ1) is 13.8. The molecule has 0 saturated carbocycles. The molecule has 29 heavy (non-hydrogen) atoms. The molecule has 0 aliphatic heterocycles. The second-order valence-electron chi connectivity index (χ2n) is 6.46. The molecule has 3 rings (SSSR count). The third-order valence-electron chi connectivity index (χ3n) is 4.50. The highest BCUT2D eigenvalue weighted by atomic mass is 32.1. The molecule has 0 bridgehead atoms. The van der Waals surface area contributed by atoms with E-state index < -0.39 is 18.0 Å². The number of hydrogen-bond acceptors (Lipinski definition) is 7. The minimum absolute atomic E-state index is 0.306. The summed E-state index contributed by atoms with van der Waals surface area (Å²) >= 11 is 1.44. The van der Waals surface area contributed by atoms with E-state index in [4.69, 9.17) is 9.47 Å². The molecule has 1 atom stereocenters. The van der Waals surface area contributed by atoms with Gasteiger partial charge in [0.15, 0.2) is 6.10 Å². The SMILES string of the molecule is COc1ccccc1NC(=O)[C@@H](C)OC(=O)Cn1cnc2sc(C)c(C)c2c1=O. The van der Waals surface area contributed by atoms with Crippen LogP contribution in [0.5, 0.6) is 5.75 Å². The van der Waals surface area contributed by atoms with Crippen LogP contribution < -0.4 is 15.6 Å². The van der Waals surface area contributed by atoms with E-state index >= 15 is 0 Å². The number of carbonyl (C=O) groups excluding carboxylic acids is 2. The molecule has 3 aromatic rings. The number of ether oxygens (including phenoxy) is 2. The highest BCUT2D eigenvalue weighted by Crippen LogP contribution is 2.25. The van der Waals surface area contributed by atoms with Gasteiger partial charge in [-0.3, -0.25) is 19.0 Å². The number of hydrogen-bond donors (Lipinski definition) is 1. The highest BCUT2D eigenvalue weighted by Gasteiger charge is 2.20. The van der Waals surface area contributed by atoms with Gasteiger partial charge in [0.25, 0.3) is 11.5 Å². The van der Waals surface area contributed by atoms with Gasteiger partial charge in [-0.25, -0.2) is 4.98 Å². The molecular formula is C20H21N3O5S. The van der Waals surface area contributed by atoms with Crippen LogP contribution >= 0.6 is 11.3 Å². The van der Waals surface area contributed by atoms with Crippen molar-refractivity contribution in [2.45, 2.75) is 33.4 Å². The number of thiophene rings is 1.